The number of hydrogen-bond acceptors (Lipinski definition) is 4. The number of nitrogens with one attached hydrogen (secondary N) is 2. The standard InChI is InChI=1S/C16H24N6/c1-2-14-19-15(21-20-14)10-22-9-5-8-13(22)16-17-11-6-3-4-7-12(11)18-16/h13H,2-10H2,1H3,(H,17,18)(H,19,20,21). The van der Waals surface area contributed by atoms with Gasteiger partial charge in [0, 0.05) is 12.1 Å². The third-order valence-electron chi connectivity index (χ3n) is 4.90. The van der Waals surface area contributed by atoms with Gasteiger partial charge in [0.15, 0.2) is 0 Å². The van der Waals surface area contributed by atoms with E-state index in [0.29, 0.717) is 6.04 Å². The Morgan fingerprint density at radius 3 is 2.91 bits per heavy atom. The normalized spacial score (nSPS) is 22.1. The molecular weight excluding hydrogens is 276 g/mol. The first-order chi connectivity index (χ1) is 10.8. The zero-order valence-electron chi connectivity index (χ0n) is 13.2. The van der Waals surface area contributed by atoms with Gasteiger partial charge in [-0.05, 0) is 45.1 Å². The van der Waals surface area contributed by atoms with Crippen LogP contribution < -0.4 is 0 Å². The number of aromatic nitrogens is 5. The second-order valence-corrected chi connectivity index (χ2v) is 6.43. The van der Waals surface area contributed by atoms with E-state index >= 15 is 0 Å². The summed E-state index contributed by atoms with van der Waals surface area (Å²) in [5, 5.41) is 7.31. The zero-order valence-corrected chi connectivity index (χ0v) is 13.2. The Hall–Kier alpha value is -1.69. The smallest absolute Gasteiger partial charge is 0.150 e. The number of aryl methyl sites for hydroxylation is 3. The fraction of sp³-hybridized carbons (Fsp3) is 0.688. The molecule has 0 aromatic carbocycles. The van der Waals surface area contributed by atoms with Crippen molar-refractivity contribution in [2.24, 2.45) is 0 Å². The molecule has 1 unspecified atom stereocenters. The van der Waals surface area contributed by atoms with E-state index in [2.05, 4.69) is 32.0 Å². The van der Waals surface area contributed by atoms with Gasteiger partial charge >= 0.3 is 0 Å². The summed E-state index contributed by atoms with van der Waals surface area (Å²) >= 11 is 0. The van der Waals surface area contributed by atoms with Crippen molar-refractivity contribution in [3.63, 3.8) is 0 Å². The molecule has 1 saturated heterocycles. The number of H-pyrrole nitrogens is 2. The lowest BCUT2D eigenvalue weighted by Crippen LogP contribution is -2.24. The summed E-state index contributed by atoms with van der Waals surface area (Å²) in [7, 11) is 0. The third kappa shape index (κ3) is 2.56. The number of likely N-dealkylation sites (tertiary alicyclic amines) is 1. The number of nitrogens with zero attached hydrogens (tertiary/aromatic N) is 4. The van der Waals surface area contributed by atoms with E-state index in [9.17, 15) is 0 Å². The fourth-order valence-electron chi connectivity index (χ4n) is 3.71. The van der Waals surface area contributed by atoms with E-state index in [0.717, 1.165) is 44.0 Å². The second kappa shape index (κ2) is 5.83. The molecule has 6 nitrogen and oxygen atoms in total. The molecule has 0 radical (unpaired) electrons. The topological polar surface area (TPSA) is 73.5 Å². The fourth-order valence-corrected chi connectivity index (χ4v) is 3.71. The van der Waals surface area contributed by atoms with Crippen LogP contribution in [0.2, 0.25) is 0 Å². The Labute approximate surface area is 130 Å². The van der Waals surface area contributed by atoms with Crippen LogP contribution in [0.3, 0.4) is 0 Å². The third-order valence-corrected chi connectivity index (χ3v) is 4.90. The van der Waals surface area contributed by atoms with Gasteiger partial charge in [-0.3, -0.25) is 10.00 Å². The van der Waals surface area contributed by atoms with Crippen molar-refractivity contribution in [1.29, 1.82) is 0 Å². The van der Waals surface area contributed by atoms with Crippen molar-refractivity contribution in [3.05, 3.63) is 28.9 Å². The molecule has 2 aromatic rings. The van der Waals surface area contributed by atoms with E-state index in [1.807, 2.05) is 0 Å². The van der Waals surface area contributed by atoms with Crippen LogP contribution in [0, 0.1) is 0 Å². The average molecular weight is 300 g/mol. The van der Waals surface area contributed by atoms with Crippen molar-refractivity contribution in [2.45, 2.75) is 64.5 Å². The first-order valence-corrected chi connectivity index (χ1v) is 8.55. The van der Waals surface area contributed by atoms with E-state index in [-0.39, 0.29) is 0 Å². The minimum atomic E-state index is 0.403. The minimum Gasteiger partial charge on any atom is -0.344 e. The van der Waals surface area contributed by atoms with Crippen LogP contribution in [-0.4, -0.2) is 36.6 Å². The van der Waals surface area contributed by atoms with Crippen molar-refractivity contribution < 1.29 is 0 Å². The van der Waals surface area contributed by atoms with Gasteiger partial charge in [0.2, 0.25) is 0 Å². The van der Waals surface area contributed by atoms with Gasteiger partial charge in [0.25, 0.3) is 0 Å². The van der Waals surface area contributed by atoms with Crippen LogP contribution in [0.15, 0.2) is 0 Å². The Morgan fingerprint density at radius 1 is 1.18 bits per heavy atom. The number of fused-ring (bicyclic) bond motifs is 1. The summed E-state index contributed by atoms with van der Waals surface area (Å²) in [5.74, 6) is 3.04. The molecule has 22 heavy (non-hydrogen) atoms. The lowest BCUT2D eigenvalue weighted by atomic mass is 10.0. The van der Waals surface area contributed by atoms with E-state index in [4.69, 9.17) is 4.98 Å². The van der Waals surface area contributed by atoms with Gasteiger partial charge in [-0.15, -0.1) is 0 Å². The molecule has 0 spiro atoms. The van der Waals surface area contributed by atoms with Crippen molar-refractivity contribution in [2.75, 3.05) is 6.54 Å². The highest BCUT2D eigenvalue weighted by Gasteiger charge is 2.30. The molecule has 1 fully saturated rings. The van der Waals surface area contributed by atoms with E-state index in [1.54, 1.807) is 0 Å². The number of aromatic amines is 2. The second-order valence-electron chi connectivity index (χ2n) is 6.43. The van der Waals surface area contributed by atoms with E-state index in [1.165, 1.54) is 42.9 Å². The van der Waals surface area contributed by atoms with E-state index < -0.39 is 0 Å². The molecule has 1 aliphatic carbocycles. The molecule has 118 valence electrons. The Kier molecular flexibility index (Phi) is 3.70. The molecule has 1 aliphatic heterocycles. The van der Waals surface area contributed by atoms with Gasteiger partial charge in [-0.1, -0.05) is 6.92 Å². The summed E-state index contributed by atoms with van der Waals surface area (Å²) in [4.78, 5) is 15.5. The van der Waals surface area contributed by atoms with Crippen molar-refractivity contribution in [3.8, 4) is 0 Å². The van der Waals surface area contributed by atoms with Crippen LogP contribution >= 0.6 is 0 Å². The molecule has 0 bridgehead atoms. The highest BCUT2D eigenvalue weighted by atomic mass is 15.3. The lowest BCUT2D eigenvalue weighted by Gasteiger charge is -2.21. The van der Waals surface area contributed by atoms with Gasteiger partial charge in [0.1, 0.15) is 17.5 Å². The lowest BCUT2D eigenvalue weighted by molar-refractivity contribution is 0.235. The largest absolute Gasteiger partial charge is 0.344 e. The molecule has 3 heterocycles. The van der Waals surface area contributed by atoms with Crippen LogP contribution in [0.25, 0.3) is 0 Å². The van der Waals surface area contributed by atoms with Crippen molar-refractivity contribution in [1.82, 2.24) is 30.0 Å². The Bertz CT molecular complexity index is 619. The summed E-state index contributed by atoms with van der Waals surface area (Å²) in [5.41, 5.74) is 2.68. The maximum Gasteiger partial charge on any atom is 0.150 e. The predicted octanol–water partition coefficient (Wildman–Crippen LogP) is 2.31. The maximum atomic E-state index is 4.90. The van der Waals surface area contributed by atoms with Crippen LogP contribution in [0.4, 0.5) is 0 Å². The van der Waals surface area contributed by atoms with Crippen LogP contribution in [-0.2, 0) is 25.8 Å². The highest BCUT2D eigenvalue weighted by molar-refractivity contribution is 5.19. The van der Waals surface area contributed by atoms with Crippen LogP contribution in [0.1, 0.15) is 67.5 Å². The molecule has 4 rings (SSSR count). The molecular formula is C16H24N6. The number of rotatable bonds is 4. The van der Waals surface area contributed by atoms with Gasteiger partial charge in [0.05, 0.1) is 18.3 Å². The van der Waals surface area contributed by atoms with Crippen molar-refractivity contribution >= 4 is 0 Å². The van der Waals surface area contributed by atoms with Gasteiger partial charge in [-0.2, -0.15) is 5.10 Å². The predicted molar refractivity (Wildman–Crippen MR) is 83.4 cm³/mol. The Morgan fingerprint density at radius 2 is 2.09 bits per heavy atom. The first-order valence-electron chi connectivity index (χ1n) is 8.55. The van der Waals surface area contributed by atoms with Gasteiger partial charge < -0.3 is 4.98 Å². The SMILES string of the molecule is CCc1n[nH]c(CN2CCCC2c2nc3c([nH]2)CCCC3)n1. The van der Waals surface area contributed by atoms with Crippen LogP contribution in [0.5, 0.6) is 0 Å². The molecule has 2 aliphatic rings. The van der Waals surface area contributed by atoms with Gasteiger partial charge in [-0.25, -0.2) is 9.97 Å². The molecule has 0 amide bonds. The summed E-state index contributed by atoms with van der Waals surface area (Å²) < 4.78 is 0. The molecule has 2 aromatic heterocycles. The maximum absolute atomic E-state index is 4.90. The molecule has 2 N–H and O–H groups in total. The minimum absolute atomic E-state index is 0.403. The number of hydrogen-bond donors (Lipinski definition) is 2. The monoisotopic (exact) mass is 300 g/mol. The Balaban J connectivity index is 1.51. The first kappa shape index (κ1) is 13.9. The molecule has 6 heteroatoms. The molecule has 0 saturated carbocycles. The quantitative estimate of drug-likeness (QED) is 0.908. The summed E-state index contributed by atoms with van der Waals surface area (Å²) in [6, 6.07) is 0.403. The summed E-state index contributed by atoms with van der Waals surface area (Å²) in [6.45, 7) is 4.03. The molecule has 1 atom stereocenters. The average Bonchev–Trinajstić information content (AvgIpc) is 3.25. The number of imidazole rings is 1. The highest BCUT2D eigenvalue weighted by Crippen LogP contribution is 2.32. The zero-order chi connectivity index (χ0) is 14.9. The summed E-state index contributed by atoms with van der Waals surface area (Å²) in [6.07, 6.45) is 8.17.